The van der Waals surface area contributed by atoms with Crippen LogP contribution in [0.15, 0.2) is 35.9 Å². The van der Waals surface area contributed by atoms with Crippen LogP contribution < -0.4 is 10.4 Å². The van der Waals surface area contributed by atoms with Crippen molar-refractivity contribution in [1.82, 2.24) is 5.43 Å². The van der Waals surface area contributed by atoms with Crippen LogP contribution in [-0.2, 0) is 4.79 Å². The van der Waals surface area contributed by atoms with E-state index in [9.17, 15) is 18.0 Å². The number of alkyl halides is 1. The topological polar surface area (TPSA) is 32.3 Å². The fourth-order valence-corrected chi connectivity index (χ4v) is 1.51. The monoisotopic (exact) mass is 242 g/mol. The van der Waals surface area contributed by atoms with Crippen LogP contribution in [0.4, 0.5) is 18.9 Å². The predicted molar refractivity (Wildman–Crippen MR) is 55.9 cm³/mol. The Hall–Kier alpha value is -1.98. The molecule has 0 bridgehead atoms. The molecule has 1 aromatic rings. The second-order valence-corrected chi connectivity index (χ2v) is 3.65. The molecule has 1 amide bonds. The highest BCUT2D eigenvalue weighted by atomic mass is 19.2. The molecule has 1 atom stereocenters. The van der Waals surface area contributed by atoms with Crippen LogP contribution in [0.5, 0.6) is 0 Å². The van der Waals surface area contributed by atoms with Gasteiger partial charge in [-0.05, 0) is 24.6 Å². The van der Waals surface area contributed by atoms with E-state index in [0.717, 1.165) is 5.56 Å². The Morgan fingerprint density at radius 3 is 2.71 bits per heavy atom. The van der Waals surface area contributed by atoms with Gasteiger partial charge in [-0.25, -0.2) is 13.8 Å². The quantitative estimate of drug-likeness (QED) is 0.766. The van der Waals surface area contributed by atoms with Crippen molar-refractivity contribution in [2.75, 3.05) is 5.01 Å². The number of anilines is 1. The number of carbonyl (C=O) groups is 1. The SMILES string of the molecule is Cc1cccc(N2NC(=O)C(F)=C(F)C2F)c1. The smallest absolute Gasteiger partial charge is 0.265 e. The second kappa shape index (κ2) is 4.12. The van der Waals surface area contributed by atoms with E-state index in [1.165, 1.54) is 6.07 Å². The molecule has 0 aliphatic carbocycles. The average molecular weight is 242 g/mol. The Morgan fingerprint density at radius 1 is 1.35 bits per heavy atom. The Labute approximate surface area is 95.5 Å². The molecule has 1 heterocycles. The van der Waals surface area contributed by atoms with Crippen LogP contribution in [0, 0.1) is 6.92 Å². The van der Waals surface area contributed by atoms with Crippen LogP contribution in [0.1, 0.15) is 5.56 Å². The molecule has 1 aromatic carbocycles. The molecule has 0 fully saturated rings. The van der Waals surface area contributed by atoms with Gasteiger partial charge in [0.2, 0.25) is 12.1 Å². The maximum Gasteiger partial charge on any atom is 0.301 e. The van der Waals surface area contributed by atoms with Gasteiger partial charge in [-0.2, -0.15) is 4.39 Å². The minimum absolute atomic E-state index is 0.244. The summed E-state index contributed by atoms with van der Waals surface area (Å²) in [6.45, 7) is 1.76. The number of benzene rings is 1. The predicted octanol–water partition coefficient (Wildman–Crippen LogP) is 2.29. The summed E-state index contributed by atoms with van der Waals surface area (Å²) >= 11 is 0. The number of hydrogen-bond acceptors (Lipinski definition) is 2. The van der Waals surface area contributed by atoms with Crippen molar-refractivity contribution in [2.24, 2.45) is 0 Å². The Bertz CT molecular complexity index is 501. The number of hydrogen-bond donors (Lipinski definition) is 1. The number of hydrazine groups is 1. The highest BCUT2D eigenvalue weighted by Crippen LogP contribution is 2.27. The fraction of sp³-hybridized carbons (Fsp3) is 0.182. The summed E-state index contributed by atoms with van der Waals surface area (Å²) in [6, 6.07) is 6.41. The maximum atomic E-state index is 13.5. The summed E-state index contributed by atoms with van der Waals surface area (Å²) in [7, 11) is 0. The number of nitrogens with zero attached hydrogens (tertiary/aromatic N) is 1. The Morgan fingerprint density at radius 2 is 2.06 bits per heavy atom. The zero-order valence-corrected chi connectivity index (χ0v) is 8.88. The van der Waals surface area contributed by atoms with E-state index in [1.807, 2.05) is 5.43 Å². The van der Waals surface area contributed by atoms with E-state index in [-0.39, 0.29) is 5.69 Å². The molecule has 0 aromatic heterocycles. The number of amides is 1. The second-order valence-electron chi connectivity index (χ2n) is 3.65. The van der Waals surface area contributed by atoms with E-state index in [0.29, 0.717) is 5.01 Å². The van der Waals surface area contributed by atoms with Crippen LogP contribution in [0.3, 0.4) is 0 Å². The molecule has 2 rings (SSSR count). The first-order chi connectivity index (χ1) is 8.00. The van der Waals surface area contributed by atoms with E-state index < -0.39 is 23.9 Å². The van der Waals surface area contributed by atoms with Crippen LogP contribution in [0.2, 0.25) is 0 Å². The molecular formula is C11H9F3N2O. The fourth-order valence-electron chi connectivity index (χ4n) is 1.51. The molecule has 6 heteroatoms. The van der Waals surface area contributed by atoms with Crippen molar-refractivity contribution in [3.8, 4) is 0 Å². The number of halogens is 3. The van der Waals surface area contributed by atoms with Crippen LogP contribution in [-0.4, -0.2) is 12.2 Å². The maximum absolute atomic E-state index is 13.5. The summed E-state index contributed by atoms with van der Waals surface area (Å²) in [6.07, 6.45) is -2.35. The summed E-state index contributed by atoms with van der Waals surface area (Å²) in [5.41, 5.74) is 2.99. The largest absolute Gasteiger partial charge is 0.301 e. The number of rotatable bonds is 1. The lowest BCUT2D eigenvalue weighted by atomic mass is 10.2. The number of nitrogens with one attached hydrogen (secondary N) is 1. The third kappa shape index (κ3) is 1.98. The molecule has 17 heavy (non-hydrogen) atoms. The van der Waals surface area contributed by atoms with Crippen molar-refractivity contribution < 1.29 is 18.0 Å². The van der Waals surface area contributed by atoms with Gasteiger partial charge in [-0.1, -0.05) is 12.1 Å². The minimum atomic E-state index is -2.35. The first kappa shape index (κ1) is 11.5. The molecule has 0 saturated carbocycles. The molecular weight excluding hydrogens is 233 g/mol. The van der Waals surface area contributed by atoms with Crippen molar-refractivity contribution in [3.05, 3.63) is 41.5 Å². The summed E-state index contributed by atoms with van der Waals surface area (Å²) in [5, 5.41) is 0.647. The Kier molecular flexibility index (Phi) is 2.79. The van der Waals surface area contributed by atoms with Gasteiger partial charge in [0.15, 0.2) is 5.83 Å². The first-order valence-corrected chi connectivity index (χ1v) is 4.87. The van der Waals surface area contributed by atoms with Crippen molar-refractivity contribution >= 4 is 11.6 Å². The van der Waals surface area contributed by atoms with Crippen LogP contribution >= 0.6 is 0 Å². The molecule has 1 aliphatic heterocycles. The number of carbonyl (C=O) groups excluding carboxylic acids is 1. The first-order valence-electron chi connectivity index (χ1n) is 4.87. The summed E-state index contributed by atoms with van der Waals surface area (Å²) in [4.78, 5) is 11.0. The van der Waals surface area contributed by atoms with Crippen LogP contribution in [0.25, 0.3) is 0 Å². The summed E-state index contributed by atoms with van der Waals surface area (Å²) < 4.78 is 39.4. The average Bonchev–Trinajstić information content (AvgIpc) is 2.31. The van der Waals surface area contributed by atoms with Gasteiger partial charge in [0.25, 0.3) is 0 Å². The third-order valence-corrected chi connectivity index (χ3v) is 2.35. The molecule has 90 valence electrons. The van der Waals surface area contributed by atoms with Gasteiger partial charge in [0.05, 0.1) is 5.69 Å². The zero-order valence-electron chi connectivity index (χ0n) is 8.88. The van der Waals surface area contributed by atoms with Gasteiger partial charge in [0.1, 0.15) is 0 Å². The number of aryl methyl sites for hydroxylation is 1. The minimum Gasteiger partial charge on any atom is -0.265 e. The van der Waals surface area contributed by atoms with Crippen molar-refractivity contribution in [3.63, 3.8) is 0 Å². The van der Waals surface area contributed by atoms with E-state index >= 15 is 0 Å². The molecule has 0 radical (unpaired) electrons. The Balaban J connectivity index is 2.39. The van der Waals surface area contributed by atoms with Gasteiger partial charge in [-0.3, -0.25) is 10.2 Å². The van der Waals surface area contributed by atoms with Gasteiger partial charge in [0, 0.05) is 0 Å². The molecule has 1 unspecified atom stereocenters. The van der Waals surface area contributed by atoms with Crippen molar-refractivity contribution in [2.45, 2.75) is 13.2 Å². The van der Waals surface area contributed by atoms with Gasteiger partial charge < -0.3 is 0 Å². The lowest BCUT2D eigenvalue weighted by Crippen LogP contribution is -2.51. The normalized spacial score (nSPS) is 20.6. The van der Waals surface area contributed by atoms with E-state index in [1.54, 1.807) is 25.1 Å². The highest BCUT2D eigenvalue weighted by molar-refractivity contribution is 5.94. The summed E-state index contributed by atoms with van der Waals surface area (Å²) in [5.74, 6) is -4.73. The molecule has 1 N–H and O–H groups in total. The van der Waals surface area contributed by atoms with Gasteiger partial charge >= 0.3 is 5.91 Å². The highest BCUT2D eigenvalue weighted by Gasteiger charge is 2.35. The van der Waals surface area contributed by atoms with Crippen molar-refractivity contribution in [1.29, 1.82) is 0 Å². The lowest BCUT2D eigenvalue weighted by Gasteiger charge is -2.30. The zero-order chi connectivity index (χ0) is 12.6. The molecule has 0 saturated heterocycles. The third-order valence-electron chi connectivity index (χ3n) is 2.35. The van der Waals surface area contributed by atoms with Gasteiger partial charge in [-0.15, -0.1) is 0 Å². The molecule has 1 aliphatic rings. The standard InChI is InChI=1S/C11H9F3N2O/c1-6-3-2-4-7(5-6)16-10(14)8(12)9(13)11(17)15-16/h2-5,10H,1H3,(H,15,17). The molecule has 0 spiro atoms. The lowest BCUT2D eigenvalue weighted by molar-refractivity contribution is -0.120. The van der Waals surface area contributed by atoms with E-state index in [2.05, 4.69) is 0 Å². The molecule has 3 nitrogen and oxygen atoms in total. The van der Waals surface area contributed by atoms with E-state index in [4.69, 9.17) is 0 Å².